The van der Waals surface area contributed by atoms with Crippen LogP contribution in [-0.2, 0) is 6.54 Å². The molecule has 3 aromatic carbocycles. The summed E-state index contributed by atoms with van der Waals surface area (Å²) in [7, 11) is 4.67. The first kappa shape index (κ1) is 29.3. The number of anilines is 1. The Balaban J connectivity index is 1.63. The number of nitrogens with one attached hydrogen (secondary N) is 3. The molecular weight excluding hydrogens is 539 g/mol. The Labute approximate surface area is 230 Å². The molecule has 0 radical (unpaired) electrons. The molecule has 0 fully saturated rings. The smallest absolute Gasteiger partial charge is 0.319 e. The SMILES string of the molecule is COc1cc(CNCCC(CNC(=O)Nc2ccc(F)c(F)c2)c2ccc(Cl)c(Cl)c2)cc(OC)c1OC. The van der Waals surface area contributed by atoms with Gasteiger partial charge < -0.3 is 30.2 Å². The molecule has 11 heteroatoms. The number of carbonyl (C=O) groups excluding carboxylic acids is 1. The first-order valence-corrected chi connectivity index (χ1v) is 12.5. The first-order valence-electron chi connectivity index (χ1n) is 11.7. The van der Waals surface area contributed by atoms with Crippen molar-refractivity contribution in [3.05, 3.63) is 81.3 Å². The van der Waals surface area contributed by atoms with Crippen LogP contribution in [-0.4, -0.2) is 40.5 Å². The maximum absolute atomic E-state index is 13.5. The van der Waals surface area contributed by atoms with Gasteiger partial charge in [-0.05, 0) is 60.5 Å². The summed E-state index contributed by atoms with van der Waals surface area (Å²) in [5.74, 6) is -0.509. The summed E-state index contributed by atoms with van der Waals surface area (Å²) in [6.07, 6.45) is 0.647. The monoisotopic (exact) mass is 567 g/mol. The highest BCUT2D eigenvalue weighted by Gasteiger charge is 2.16. The van der Waals surface area contributed by atoms with Gasteiger partial charge in [0.25, 0.3) is 0 Å². The number of ether oxygens (including phenoxy) is 3. The van der Waals surface area contributed by atoms with Gasteiger partial charge in [0.05, 0.1) is 31.4 Å². The van der Waals surface area contributed by atoms with Crippen molar-refractivity contribution in [3.63, 3.8) is 0 Å². The zero-order chi connectivity index (χ0) is 27.7. The van der Waals surface area contributed by atoms with Gasteiger partial charge in [-0.2, -0.15) is 0 Å². The van der Waals surface area contributed by atoms with Crippen LogP contribution in [0.2, 0.25) is 10.0 Å². The van der Waals surface area contributed by atoms with Gasteiger partial charge in [-0.15, -0.1) is 0 Å². The van der Waals surface area contributed by atoms with E-state index in [2.05, 4.69) is 16.0 Å². The minimum atomic E-state index is -1.05. The highest BCUT2D eigenvalue weighted by Crippen LogP contribution is 2.38. The predicted molar refractivity (Wildman–Crippen MR) is 145 cm³/mol. The number of carbonyl (C=O) groups is 1. The number of amides is 2. The van der Waals surface area contributed by atoms with Crippen LogP contribution < -0.4 is 30.2 Å². The molecule has 0 spiro atoms. The standard InChI is InChI=1S/C27H29Cl2F2N3O4/c1-36-24-10-16(11-25(37-2)26(24)38-3)14-32-9-8-18(17-4-6-20(28)21(29)12-17)15-33-27(35)34-19-5-7-22(30)23(31)13-19/h4-7,10-13,18,32H,8-9,14-15H2,1-3H3,(H2,33,34,35). The Morgan fingerprint density at radius 1 is 0.895 bits per heavy atom. The number of hydrogen-bond acceptors (Lipinski definition) is 5. The fourth-order valence-corrected chi connectivity index (χ4v) is 4.17. The number of urea groups is 1. The molecule has 3 aromatic rings. The Bertz CT molecular complexity index is 1240. The van der Waals surface area contributed by atoms with E-state index in [9.17, 15) is 13.6 Å². The molecule has 2 amide bonds. The molecule has 0 saturated carbocycles. The summed E-state index contributed by atoms with van der Waals surface area (Å²) in [6.45, 7) is 1.40. The highest BCUT2D eigenvalue weighted by molar-refractivity contribution is 6.42. The highest BCUT2D eigenvalue weighted by atomic mass is 35.5. The number of rotatable bonds is 12. The van der Waals surface area contributed by atoms with Crippen molar-refractivity contribution in [1.29, 1.82) is 0 Å². The molecule has 0 aliphatic carbocycles. The number of hydrogen-bond donors (Lipinski definition) is 3. The number of benzene rings is 3. The van der Waals surface area contributed by atoms with Gasteiger partial charge in [0, 0.05) is 30.8 Å². The lowest BCUT2D eigenvalue weighted by molar-refractivity contribution is 0.251. The van der Waals surface area contributed by atoms with Gasteiger partial charge in [0.2, 0.25) is 5.75 Å². The van der Waals surface area contributed by atoms with Crippen molar-refractivity contribution in [2.75, 3.05) is 39.7 Å². The molecule has 1 unspecified atom stereocenters. The van der Waals surface area contributed by atoms with Crippen LogP contribution in [0.15, 0.2) is 48.5 Å². The molecule has 0 saturated heterocycles. The zero-order valence-electron chi connectivity index (χ0n) is 21.2. The third-order valence-corrected chi connectivity index (χ3v) is 6.56. The summed E-state index contributed by atoms with van der Waals surface area (Å²) >= 11 is 12.3. The van der Waals surface area contributed by atoms with E-state index in [0.29, 0.717) is 46.8 Å². The molecule has 204 valence electrons. The van der Waals surface area contributed by atoms with Gasteiger partial charge in [-0.3, -0.25) is 0 Å². The average Bonchev–Trinajstić information content (AvgIpc) is 2.91. The third-order valence-electron chi connectivity index (χ3n) is 5.82. The van der Waals surface area contributed by atoms with E-state index in [-0.39, 0.29) is 18.2 Å². The maximum atomic E-state index is 13.5. The first-order chi connectivity index (χ1) is 18.2. The van der Waals surface area contributed by atoms with Gasteiger partial charge in [0.1, 0.15) is 0 Å². The van der Waals surface area contributed by atoms with E-state index in [1.807, 2.05) is 18.2 Å². The molecule has 7 nitrogen and oxygen atoms in total. The second kappa shape index (κ2) is 14.0. The predicted octanol–water partition coefficient (Wildman–Crippen LogP) is 6.38. The summed E-state index contributed by atoms with van der Waals surface area (Å²) in [6, 6.07) is 11.7. The minimum absolute atomic E-state index is 0.118. The third kappa shape index (κ3) is 7.86. The van der Waals surface area contributed by atoms with Gasteiger partial charge in [-0.1, -0.05) is 29.3 Å². The van der Waals surface area contributed by atoms with Crippen LogP contribution in [0.1, 0.15) is 23.5 Å². The molecule has 0 heterocycles. The maximum Gasteiger partial charge on any atom is 0.319 e. The van der Waals surface area contributed by atoms with E-state index in [0.717, 1.165) is 23.3 Å². The van der Waals surface area contributed by atoms with Crippen molar-refractivity contribution >= 4 is 34.9 Å². The second-order valence-electron chi connectivity index (χ2n) is 8.33. The molecule has 1 atom stereocenters. The Hall–Kier alpha value is -3.27. The molecule has 3 rings (SSSR count). The summed E-state index contributed by atoms with van der Waals surface area (Å²) in [5.41, 5.74) is 1.97. The van der Waals surface area contributed by atoms with Crippen molar-refractivity contribution in [2.45, 2.75) is 18.9 Å². The van der Waals surface area contributed by atoms with Gasteiger partial charge >= 0.3 is 6.03 Å². The fourth-order valence-electron chi connectivity index (χ4n) is 3.86. The lowest BCUT2D eigenvalue weighted by Crippen LogP contribution is -2.33. The molecular formula is C27H29Cl2F2N3O4. The van der Waals surface area contributed by atoms with Gasteiger partial charge in [0.15, 0.2) is 23.1 Å². The zero-order valence-corrected chi connectivity index (χ0v) is 22.7. The normalized spacial score (nSPS) is 11.6. The lowest BCUT2D eigenvalue weighted by Gasteiger charge is -2.20. The van der Waals surface area contributed by atoms with Crippen LogP contribution in [0.25, 0.3) is 0 Å². The van der Waals surface area contributed by atoms with Crippen LogP contribution in [0.3, 0.4) is 0 Å². The second-order valence-corrected chi connectivity index (χ2v) is 9.15. The van der Waals surface area contributed by atoms with E-state index < -0.39 is 17.7 Å². The molecule has 0 aliphatic heterocycles. The van der Waals surface area contributed by atoms with Gasteiger partial charge in [-0.25, -0.2) is 13.6 Å². The van der Waals surface area contributed by atoms with Crippen LogP contribution in [0.5, 0.6) is 17.2 Å². The Morgan fingerprint density at radius 3 is 2.21 bits per heavy atom. The van der Waals surface area contributed by atoms with E-state index in [1.54, 1.807) is 33.5 Å². The minimum Gasteiger partial charge on any atom is -0.493 e. The summed E-state index contributed by atoms with van der Waals surface area (Å²) in [5, 5.41) is 9.51. The summed E-state index contributed by atoms with van der Waals surface area (Å²) in [4.78, 5) is 12.4. The van der Waals surface area contributed by atoms with Crippen LogP contribution in [0, 0.1) is 11.6 Å². The van der Waals surface area contributed by atoms with E-state index >= 15 is 0 Å². The molecule has 0 aliphatic rings. The Kier molecular flexibility index (Phi) is 10.8. The largest absolute Gasteiger partial charge is 0.493 e. The lowest BCUT2D eigenvalue weighted by atomic mass is 9.95. The van der Waals surface area contributed by atoms with Crippen molar-refractivity contribution < 1.29 is 27.8 Å². The number of methoxy groups -OCH3 is 3. The van der Waals surface area contributed by atoms with Crippen LogP contribution >= 0.6 is 23.2 Å². The van der Waals surface area contributed by atoms with E-state index in [4.69, 9.17) is 37.4 Å². The quantitative estimate of drug-likeness (QED) is 0.221. The van der Waals surface area contributed by atoms with E-state index in [1.165, 1.54) is 6.07 Å². The molecule has 3 N–H and O–H groups in total. The fraction of sp³-hybridized carbons (Fsp3) is 0.296. The van der Waals surface area contributed by atoms with Crippen molar-refractivity contribution in [3.8, 4) is 17.2 Å². The Morgan fingerprint density at radius 2 is 1.61 bits per heavy atom. The molecule has 0 aromatic heterocycles. The van der Waals surface area contributed by atoms with Crippen molar-refractivity contribution in [2.24, 2.45) is 0 Å². The number of halogens is 4. The van der Waals surface area contributed by atoms with Crippen LogP contribution in [0.4, 0.5) is 19.3 Å². The topological polar surface area (TPSA) is 80.9 Å². The average molecular weight is 568 g/mol. The van der Waals surface area contributed by atoms with Crippen molar-refractivity contribution in [1.82, 2.24) is 10.6 Å². The molecule has 38 heavy (non-hydrogen) atoms. The summed E-state index contributed by atoms with van der Waals surface area (Å²) < 4.78 is 42.8. The molecule has 0 bridgehead atoms.